The van der Waals surface area contributed by atoms with Crippen molar-refractivity contribution in [1.29, 1.82) is 0 Å². The van der Waals surface area contributed by atoms with Gasteiger partial charge in [-0.2, -0.15) is 0 Å². The smallest absolute Gasteiger partial charge is 0.404 e. The Hall–Kier alpha value is -4.05. The molecule has 2 heterocycles. The monoisotopic (exact) mass is 604 g/mol. The van der Waals surface area contributed by atoms with Crippen molar-refractivity contribution in [1.82, 2.24) is 15.2 Å². The molecule has 0 radical (unpaired) electrons. The quantitative estimate of drug-likeness (QED) is 0.175. The zero-order valence-corrected chi connectivity index (χ0v) is 24.4. The minimum absolute atomic E-state index is 0.0438. The van der Waals surface area contributed by atoms with Crippen LogP contribution in [0.4, 0.5) is 9.18 Å². The van der Waals surface area contributed by atoms with Crippen LogP contribution in [0, 0.1) is 11.7 Å². The van der Waals surface area contributed by atoms with Crippen molar-refractivity contribution < 1.29 is 24.2 Å². The number of halogens is 2. The number of hydrogen-bond donors (Lipinski definition) is 4. The van der Waals surface area contributed by atoms with Gasteiger partial charge < -0.3 is 26.2 Å². The lowest BCUT2D eigenvalue weighted by Gasteiger charge is -2.44. The van der Waals surface area contributed by atoms with Crippen LogP contribution in [0.25, 0.3) is 22.0 Å². The molecule has 43 heavy (non-hydrogen) atoms. The molecule has 1 aromatic heterocycles. The van der Waals surface area contributed by atoms with E-state index in [1.54, 1.807) is 29.3 Å². The van der Waals surface area contributed by atoms with Gasteiger partial charge in [0, 0.05) is 59.8 Å². The third-order valence-corrected chi connectivity index (χ3v) is 8.57. The van der Waals surface area contributed by atoms with Crippen LogP contribution in [-0.4, -0.2) is 51.7 Å². The van der Waals surface area contributed by atoms with Gasteiger partial charge in [-0.05, 0) is 67.1 Å². The van der Waals surface area contributed by atoms with E-state index in [0.29, 0.717) is 47.5 Å². The van der Waals surface area contributed by atoms with Crippen molar-refractivity contribution in [3.05, 3.63) is 100 Å². The number of amides is 2. The van der Waals surface area contributed by atoms with Gasteiger partial charge in [0.05, 0.1) is 16.7 Å². The van der Waals surface area contributed by atoms with E-state index in [0.717, 1.165) is 16.5 Å². The predicted molar refractivity (Wildman–Crippen MR) is 164 cm³/mol. The number of hydrogen-bond acceptors (Lipinski definition) is 5. The van der Waals surface area contributed by atoms with E-state index < -0.39 is 29.3 Å². The second kappa shape index (κ2) is 13.1. The summed E-state index contributed by atoms with van der Waals surface area (Å²) in [6.45, 7) is 0.900. The molecule has 2 amide bonds. The zero-order valence-electron chi connectivity index (χ0n) is 23.6. The Morgan fingerprint density at radius 1 is 1.14 bits per heavy atom. The molecule has 5 N–H and O–H groups in total. The minimum atomic E-state index is -1.49. The number of aliphatic hydroxyl groups is 1. The fourth-order valence-corrected chi connectivity index (χ4v) is 6.36. The largest absolute Gasteiger partial charge is 0.465 e. The van der Waals surface area contributed by atoms with Gasteiger partial charge in [0.2, 0.25) is 0 Å². The van der Waals surface area contributed by atoms with Crippen LogP contribution in [0.15, 0.2) is 72.9 Å². The molecule has 1 fully saturated rings. The van der Waals surface area contributed by atoms with E-state index in [1.165, 1.54) is 12.1 Å². The van der Waals surface area contributed by atoms with Gasteiger partial charge in [0.15, 0.2) is 0 Å². The SMILES string of the molecule is NCc1ccc(C(=O)N2CCC[C@@H]([C@@](O)(CCCNC(=O)O)c3cccc(Cl)c3-c3cnc4ccccc4c3)C2)c(F)c1. The molecule has 10 heteroatoms. The molecule has 0 spiro atoms. The molecule has 0 aliphatic carbocycles. The molecule has 0 saturated carbocycles. The highest BCUT2D eigenvalue weighted by Crippen LogP contribution is 2.46. The molecule has 2 atom stereocenters. The number of benzene rings is 3. The van der Waals surface area contributed by atoms with Crippen LogP contribution in [-0.2, 0) is 12.1 Å². The zero-order chi connectivity index (χ0) is 30.6. The van der Waals surface area contributed by atoms with E-state index in [-0.39, 0.29) is 31.6 Å². The maximum absolute atomic E-state index is 14.9. The van der Waals surface area contributed by atoms with Gasteiger partial charge in [-0.1, -0.05) is 48.0 Å². The van der Waals surface area contributed by atoms with E-state index in [9.17, 15) is 19.1 Å². The van der Waals surface area contributed by atoms with Crippen molar-refractivity contribution in [3.63, 3.8) is 0 Å². The molecule has 1 aliphatic rings. The highest BCUT2D eigenvalue weighted by Gasteiger charge is 2.43. The molecular formula is C33H34ClFN4O4. The lowest BCUT2D eigenvalue weighted by Crippen LogP contribution is -2.48. The first-order chi connectivity index (χ1) is 20.7. The number of nitrogens with zero attached hydrogens (tertiary/aromatic N) is 2. The average molecular weight is 605 g/mol. The first-order valence-corrected chi connectivity index (χ1v) is 14.7. The number of para-hydroxylation sites is 1. The third-order valence-electron chi connectivity index (χ3n) is 8.25. The Bertz CT molecular complexity index is 1650. The summed E-state index contributed by atoms with van der Waals surface area (Å²) in [4.78, 5) is 30.8. The van der Waals surface area contributed by atoms with Gasteiger partial charge >= 0.3 is 6.09 Å². The second-order valence-electron chi connectivity index (χ2n) is 10.9. The summed E-state index contributed by atoms with van der Waals surface area (Å²) in [5, 5.41) is 25.5. The van der Waals surface area contributed by atoms with Crippen LogP contribution < -0.4 is 11.1 Å². The van der Waals surface area contributed by atoms with E-state index >= 15 is 0 Å². The Morgan fingerprint density at radius 3 is 2.72 bits per heavy atom. The summed E-state index contributed by atoms with van der Waals surface area (Å²) in [7, 11) is 0. The van der Waals surface area contributed by atoms with Crippen LogP contribution in [0.3, 0.4) is 0 Å². The number of carboxylic acid groups (broad SMARTS) is 1. The first-order valence-electron chi connectivity index (χ1n) is 14.3. The number of nitrogens with one attached hydrogen (secondary N) is 1. The van der Waals surface area contributed by atoms with Gasteiger partial charge in [0.1, 0.15) is 5.82 Å². The fourth-order valence-electron chi connectivity index (χ4n) is 6.08. The van der Waals surface area contributed by atoms with E-state index in [2.05, 4.69) is 10.3 Å². The molecular weight excluding hydrogens is 571 g/mol. The molecule has 0 bridgehead atoms. The van der Waals surface area contributed by atoms with Crippen LogP contribution >= 0.6 is 11.6 Å². The Kier molecular flexibility index (Phi) is 9.25. The molecule has 1 saturated heterocycles. The van der Waals surface area contributed by atoms with Crippen LogP contribution in [0.1, 0.15) is 47.2 Å². The molecule has 5 rings (SSSR count). The van der Waals surface area contributed by atoms with Gasteiger partial charge in [0.25, 0.3) is 5.91 Å². The molecule has 3 aromatic carbocycles. The average Bonchev–Trinajstić information content (AvgIpc) is 3.02. The number of aromatic nitrogens is 1. The lowest BCUT2D eigenvalue weighted by atomic mass is 9.72. The number of pyridine rings is 1. The molecule has 4 aromatic rings. The first kappa shape index (κ1) is 30.4. The van der Waals surface area contributed by atoms with E-state index in [1.807, 2.05) is 36.4 Å². The maximum Gasteiger partial charge on any atom is 0.404 e. The van der Waals surface area contributed by atoms with Crippen molar-refractivity contribution in [2.75, 3.05) is 19.6 Å². The lowest BCUT2D eigenvalue weighted by molar-refractivity contribution is -0.0563. The standard InChI is InChI=1S/C33H34ClFN4O4/c34-27-9-3-8-26(30(27)23-17-22-6-1-2-10-29(22)38-19-23)33(43,13-5-14-37-32(41)42)24-7-4-15-39(20-24)31(40)25-12-11-21(18-36)16-28(25)35/h1-3,6,8-12,16-17,19,24,37,43H,4-5,7,13-15,18,20,36H2,(H,41,42)/t24-,33+/m1/s1. The number of carbonyl (C=O) groups excluding carboxylic acids is 1. The maximum atomic E-state index is 14.9. The summed E-state index contributed by atoms with van der Waals surface area (Å²) in [5.74, 6) is -1.52. The number of likely N-dealkylation sites (tertiary alicyclic amines) is 1. The molecule has 8 nitrogen and oxygen atoms in total. The van der Waals surface area contributed by atoms with Gasteiger partial charge in [-0.15, -0.1) is 0 Å². The normalized spacial score (nSPS) is 16.6. The summed E-state index contributed by atoms with van der Waals surface area (Å²) in [6, 6.07) is 19.4. The van der Waals surface area contributed by atoms with Crippen molar-refractivity contribution in [3.8, 4) is 11.1 Å². The molecule has 1 aliphatic heterocycles. The number of piperidine rings is 1. The molecule has 224 valence electrons. The van der Waals surface area contributed by atoms with Crippen molar-refractivity contribution in [2.24, 2.45) is 11.7 Å². The summed E-state index contributed by atoms with van der Waals surface area (Å²) >= 11 is 6.82. The van der Waals surface area contributed by atoms with Crippen molar-refractivity contribution >= 4 is 34.5 Å². The Balaban J connectivity index is 1.53. The van der Waals surface area contributed by atoms with Crippen LogP contribution in [0.2, 0.25) is 5.02 Å². The summed E-state index contributed by atoms with van der Waals surface area (Å²) in [5.41, 5.74) is 7.43. The topological polar surface area (TPSA) is 129 Å². The van der Waals surface area contributed by atoms with Gasteiger partial charge in [-0.3, -0.25) is 9.78 Å². The third kappa shape index (κ3) is 6.49. The van der Waals surface area contributed by atoms with E-state index in [4.69, 9.17) is 22.4 Å². The molecule has 0 unspecified atom stereocenters. The number of rotatable bonds is 9. The Morgan fingerprint density at radius 2 is 1.95 bits per heavy atom. The van der Waals surface area contributed by atoms with Crippen molar-refractivity contribution in [2.45, 2.75) is 37.8 Å². The number of nitrogens with two attached hydrogens (primary N) is 1. The Labute approximate surface area is 254 Å². The number of carbonyl (C=O) groups is 2. The highest BCUT2D eigenvalue weighted by molar-refractivity contribution is 6.33. The minimum Gasteiger partial charge on any atom is -0.465 e. The number of fused-ring (bicyclic) bond motifs is 1. The summed E-state index contributed by atoms with van der Waals surface area (Å²) in [6.07, 6.45) is 2.32. The second-order valence-corrected chi connectivity index (χ2v) is 11.4. The van der Waals surface area contributed by atoms with Crippen LogP contribution in [0.5, 0.6) is 0 Å². The van der Waals surface area contributed by atoms with Gasteiger partial charge in [-0.25, -0.2) is 9.18 Å². The fraction of sp³-hybridized carbons (Fsp3) is 0.303. The predicted octanol–water partition coefficient (Wildman–Crippen LogP) is 5.94. The summed E-state index contributed by atoms with van der Waals surface area (Å²) < 4.78 is 14.9. The highest BCUT2D eigenvalue weighted by atomic mass is 35.5.